The molecule has 0 aliphatic heterocycles. The number of rotatable bonds is 8. The van der Waals surface area contributed by atoms with Gasteiger partial charge in [-0.2, -0.15) is 0 Å². The minimum absolute atomic E-state index is 2.00. The minimum Gasteiger partial charge on any atom is -0.479 e. The van der Waals surface area contributed by atoms with E-state index >= 15 is 0 Å². The first-order valence-electron chi connectivity index (χ1n) is 4.71. The molecule has 21 heavy (non-hydrogen) atoms. The molecule has 0 aliphatic rings. The van der Waals surface area contributed by atoms with Crippen molar-refractivity contribution in [3.8, 4) is 0 Å². The van der Waals surface area contributed by atoms with Crippen LogP contribution in [0.3, 0.4) is 0 Å². The van der Waals surface area contributed by atoms with Crippen molar-refractivity contribution in [3.63, 3.8) is 0 Å². The number of ether oxygens (including phenoxy) is 1. The second-order valence-electron chi connectivity index (χ2n) is 3.20. The highest BCUT2D eigenvalue weighted by molar-refractivity contribution is 6.40. The summed E-state index contributed by atoms with van der Waals surface area (Å²) in [5, 5.41) is 41.9. The predicted octanol–water partition coefficient (Wildman–Crippen LogP) is -3.13. The van der Waals surface area contributed by atoms with E-state index in [1.807, 2.05) is 0 Å². The Kier molecular flexibility index (Phi) is 7.05. The van der Waals surface area contributed by atoms with Crippen molar-refractivity contribution >= 4 is 29.7 Å². The van der Waals surface area contributed by atoms with E-state index in [4.69, 9.17) is 25.8 Å². The first-order valence-corrected chi connectivity index (χ1v) is 4.71. The van der Waals surface area contributed by atoms with E-state index in [0.717, 1.165) is 0 Å². The third-order valence-corrected chi connectivity index (χ3v) is 1.85. The molecule has 0 aromatic carbocycles. The van der Waals surface area contributed by atoms with E-state index in [-0.39, 0.29) is 0 Å². The number of ketones is 1. The fourth-order valence-corrected chi connectivity index (χ4v) is 0.875. The van der Waals surface area contributed by atoms with Crippen LogP contribution in [0.2, 0.25) is 0 Å². The molecule has 0 saturated carbocycles. The van der Waals surface area contributed by atoms with Crippen molar-refractivity contribution in [2.45, 2.75) is 18.3 Å². The van der Waals surface area contributed by atoms with Crippen LogP contribution >= 0.6 is 0 Å². The number of carbonyl (C=O) groups is 5. The minimum atomic E-state index is -2.82. The van der Waals surface area contributed by atoms with Gasteiger partial charge in [-0.1, -0.05) is 0 Å². The first kappa shape index (κ1) is 18.6. The predicted molar refractivity (Wildman–Crippen MR) is 52.4 cm³/mol. The number of esters is 2. The third-order valence-electron chi connectivity index (χ3n) is 1.85. The normalized spacial score (nSPS) is 14.6. The van der Waals surface area contributed by atoms with E-state index in [1.165, 1.54) is 0 Å². The summed E-state index contributed by atoms with van der Waals surface area (Å²) in [5.74, 6) is -10.3. The van der Waals surface area contributed by atoms with E-state index in [2.05, 4.69) is 14.5 Å². The topological polar surface area (TPSA) is 214 Å². The molecule has 0 aromatic rings. The summed E-state index contributed by atoms with van der Waals surface area (Å²) in [6.45, 7) is 0. The molecule has 0 bridgehead atoms. The van der Waals surface area contributed by atoms with Gasteiger partial charge in [0.15, 0.2) is 0 Å². The zero-order chi connectivity index (χ0) is 16.7. The molecule has 0 saturated heterocycles. The fourth-order valence-electron chi connectivity index (χ4n) is 0.875. The van der Waals surface area contributed by atoms with Gasteiger partial charge in [0.2, 0.25) is 18.3 Å². The molecule has 0 rings (SSSR count). The molecule has 0 heterocycles. The fraction of sp³-hybridized carbons (Fsp3) is 0.375. The van der Waals surface area contributed by atoms with Crippen LogP contribution < -0.4 is 0 Å². The summed E-state index contributed by atoms with van der Waals surface area (Å²) in [4.78, 5) is 60.5. The van der Waals surface area contributed by atoms with Gasteiger partial charge in [0, 0.05) is 0 Å². The van der Waals surface area contributed by atoms with Crippen LogP contribution in [0.4, 0.5) is 0 Å². The first-order chi connectivity index (χ1) is 9.67. The Morgan fingerprint density at radius 3 is 1.62 bits per heavy atom. The summed E-state index contributed by atoms with van der Waals surface area (Å²) < 4.78 is 3.68. The zero-order valence-electron chi connectivity index (χ0n) is 9.73. The lowest BCUT2D eigenvalue weighted by Gasteiger charge is -2.16. The summed E-state index contributed by atoms with van der Waals surface area (Å²) >= 11 is 0. The van der Waals surface area contributed by atoms with Crippen molar-refractivity contribution in [2.75, 3.05) is 0 Å². The molecular weight excluding hydrogens is 304 g/mol. The zero-order valence-corrected chi connectivity index (χ0v) is 9.73. The van der Waals surface area contributed by atoms with Gasteiger partial charge in [0.05, 0.1) is 0 Å². The van der Waals surface area contributed by atoms with Crippen LogP contribution in [0.1, 0.15) is 0 Å². The molecule has 0 spiro atoms. The van der Waals surface area contributed by atoms with Gasteiger partial charge in [0.25, 0.3) is 5.78 Å². The Balaban J connectivity index is 4.94. The van der Waals surface area contributed by atoms with Gasteiger partial charge in [-0.05, 0) is 0 Å². The average molecular weight is 312 g/mol. The number of aliphatic hydroxyl groups is 1. The number of hydrogen-bond acceptors (Lipinski definition) is 11. The van der Waals surface area contributed by atoms with Crippen LogP contribution in [0.25, 0.3) is 0 Å². The maximum absolute atomic E-state index is 11.2. The van der Waals surface area contributed by atoms with Crippen LogP contribution in [0.15, 0.2) is 0 Å². The lowest BCUT2D eigenvalue weighted by atomic mass is 10.2. The number of carboxylic acid groups (broad SMARTS) is 2. The molecule has 118 valence electrons. The number of carbonyl (C=O) groups excluding carboxylic acids is 3. The highest BCUT2D eigenvalue weighted by atomic mass is 17.1. The molecule has 0 aliphatic carbocycles. The smallest absolute Gasteiger partial charge is 0.385 e. The summed E-state index contributed by atoms with van der Waals surface area (Å²) in [6.07, 6.45) is -7.91. The molecule has 0 aromatic heterocycles. The summed E-state index contributed by atoms with van der Waals surface area (Å²) in [5.41, 5.74) is 0. The average Bonchev–Trinajstić information content (AvgIpc) is 2.41. The van der Waals surface area contributed by atoms with E-state index < -0.39 is 48.0 Å². The maximum Gasteiger partial charge on any atom is 0.385 e. The van der Waals surface area contributed by atoms with Crippen molar-refractivity contribution in [1.29, 1.82) is 0 Å². The molecule has 13 nitrogen and oxygen atoms in total. The summed E-state index contributed by atoms with van der Waals surface area (Å²) in [6, 6.07) is 0. The second-order valence-corrected chi connectivity index (χ2v) is 3.20. The van der Waals surface area contributed by atoms with Crippen molar-refractivity contribution in [1.82, 2.24) is 0 Å². The van der Waals surface area contributed by atoms with Crippen molar-refractivity contribution < 1.29 is 64.3 Å². The number of aliphatic hydroxyl groups excluding tert-OH is 1. The molecule has 0 fully saturated rings. The molecular formula is C8H8O13. The molecule has 5 N–H and O–H groups in total. The van der Waals surface area contributed by atoms with Crippen molar-refractivity contribution in [2.24, 2.45) is 0 Å². The van der Waals surface area contributed by atoms with E-state index in [9.17, 15) is 24.0 Å². The molecule has 0 amide bonds. The number of Topliss-reactive ketones (excluding diaryl/α,β-unsaturated/α-hetero) is 1. The number of hydrogen-bond donors (Lipinski definition) is 5. The summed E-state index contributed by atoms with van der Waals surface area (Å²) in [7, 11) is 0. The number of carboxylic acids is 2. The van der Waals surface area contributed by atoms with Crippen LogP contribution in [-0.2, 0) is 38.5 Å². The monoisotopic (exact) mass is 312 g/mol. The van der Waals surface area contributed by atoms with Crippen LogP contribution in [0.5, 0.6) is 0 Å². The van der Waals surface area contributed by atoms with Gasteiger partial charge in [-0.15, -0.1) is 0 Å². The Bertz CT molecular complexity index is 453. The Morgan fingerprint density at radius 1 is 0.810 bits per heavy atom. The lowest BCUT2D eigenvalue weighted by Crippen LogP contribution is -2.46. The Labute approximate surface area is 113 Å². The Morgan fingerprint density at radius 2 is 1.29 bits per heavy atom. The Hall–Kier alpha value is -2.45. The number of aliphatic carboxylic acids is 2. The van der Waals surface area contributed by atoms with Crippen LogP contribution in [0, 0.1) is 0 Å². The SMILES string of the molecule is O=C(OC(=O)C(OO)C(OO)C(=O)O)C(=O)C(O)C(=O)O. The van der Waals surface area contributed by atoms with E-state index in [1.54, 1.807) is 0 Å². The molecule has 3 atom stereocenters. The third kappa shape index (κ3) is 4.86. The van der Waals surface area contributed by atoms with Crippen LogP contribution in [-0.4, -0.2) is 73.8 Å². The molecule has 13 heteroatoms. The van der Waals surface area contributed by atoms with E-state index in [0.29, 0.717) is 0 Å². The molecule has 3 unspecified atom stereocenters. The van der Waals surface area contributed by atoms with Crippen molar-refractivity contribution in [3.05, 3.63) is 0 Å². The highest BCUT2D eigenvalue weighted by Gasteiger charge is 2.41. The lowest BCUT2D eigenvalue weighted by molar-refractivity contribution is -0.344. The molecule has 0 radical (unpaired) electrons. The van der Waals surface area contributed by atoms with Gasteiger partial charge < -0.3 is 20.1 Å². The van der Waals surface area contributed by atoms with Gasteiger partial charge in [-0.25, -0.2) is 29.0 Å². The quantitative estimate of drug-likeness (QED) is 0.0986. The second kappa shape index (κ2) is 7.98. The van der Waals surface area contributed by atoms with Gasteiger partial charge in [-0.3, -0.25) is 15.3 Å². The maximum atomic E-state index is 11.2. The van der Waals surface area contributed by atoms with Gasteiger partial charge >= 0.3 is 23.9 Å². The largest absolute Gasteiger partial charge is 0.479 e. The standard InChI is InChI=1S/C8H8O13/c9-1(5(11)12)2(10)7(15)19-8(16)4(21-18)3(20-17)6(13)14/h1,3-4,9,17-18H,(H,11,12)(H,13,14). The highest BCUT2D eigenvalue weighted by Crippen LogP contribution is 2.06. The van der Waals surface area contributed by atoms with Gasteiger partial charge in [0.1, 0.15) is 0 Å².